The van der Waals surface area contributed by atoms with Crippen LogP contribution in [0, 0.1) is 0 Å². The van der Waals surface area contributed by atoms with Gasteiger partial charge in [-0.25, -0.2) is 0 Å². The summed E-state index contributed by atoms with van der Waals surface area (Å²) >= 11 is 5.67. The van der Waals surface area contributed by atoms with Crippen molar-refractivity contribution in [1.29, 1.82) is 0 Å². The van der Waals surface area contributed by atoms with E-state index < -0.39 is 0 Å². The third kappa shape index (κ3) is 1.35. The smallest absolute Gasteiger partial charge is 0.270 e. The van der Waals surface area contributed by atoms with Gasteiger partial charge in [-0.2, -0.15) is 5.10 Å². The molecule has 11 heavy (non-hydrogen) atoms. The van der Waals surface area contributed by atoms with Crippen molar-refractivity contribution in [2.24, 2.45) is 7.05 Å². The lowest BCUT2D eigenvalue weighted by Crippen LogP contribution is -2.21. The van der Waals surface area contributed by atoms with Gasteiger partial charge in [0.2, 0.25) is 0 Å². The van der Waals surface area contributed by atoms with Crippen LogP contribution in [0.25, 0.3) is 0 Å². The Hall–Kier alpha value is -1.03. The van der Waals surface area contributed by atoms with Crippen molar-refractivity contribution in [1.82, 2.24) is 15.1 Å². The van der Waals surface area contributed by atoms with Gasteiger partial charge in [0.05, 0.1) is 11.2 Å². The minimum absolute atomic E-state index is 0.227. The average molecular weight is 174 g/mol. The van der Waals surface area contributed by atoms with Crippen molar-refractivity contribution in [3.05, 3.63) is 16.9 Å². The third-order valence-electron chi connectivity index (χ3n) is 1.34. The van der Waals surface area contributed by atoms with Gasteiger partial charge in [-0.15, -0.1) is 0 Å². The van der Waals surface area contributed by atoms with Crippen molar-refractivity contribution < 1.29 is 4.79 Å². The monoisotopic (exact) mass is 173 g/mol. The topological polar surface area (TPSA) is 46.9 Å². The van der Waals surface area contributed by atoms with Crippen LogP contribution in [0.2, 0.25) is 5.02 Å². The van der Waals surface area contributed by atoms with Crippen LogP contribution < -0.4 is 5.32 Å². The highest BCUT2D eigenvalue weighted by molar-refractivity contribution is 6.33. The van der Waals surface area contributed by atoms with E-state index in [9.17, 15) is 4.79 Å². The van der Waals surface area contributed by atoms with E-state index in [-0.39, 0.29) is 5.91 Å². The van der Waals surface area contributed by atoms with E-state index in [0.29, 0.717) is 10.7 Å². The fourth-order valence-electron chi connectivity index (χ4n) is 0.785. The summed E-state index contributed by atoms with van der Waals surface area (Å²) in [5.74, 6) is -0.227. The van der Waals surface area contributed by atoms with Crippen molar-refractivity contribution in [3.8, 4) is 0 Å². The minimum atomic E-state index is -0.227. The molecule has 1 amide bonds. The summed E-state index contributed by atoms with van der Waals surface area (Å²) < 4.78 is 1.43. The summed E-state index contributed by atoms with van der Waals surface area (Å²) in [6.07, 6.45) is 1.44. The molecule has 0 unspecified atom stereocenters. The molecule has 4 nitrogen and oxygen atoms in total. The largest absolute Gasteiger partial charge is 0.354 e. The van der Waals surface area contributed by atoms with E-state index in [1.165, 1.54) is 10.9 Å². The first-order valence-corrected chi connectivity index (χ1v) is 3.44. The van der Waals surface area contributed by atoms with Gasteiger partial charge in [-0.05, 0) is 0 Å². The van der Waals surface area contributed by atoms with E-state index in [1.807, 2.05) is 0 Å². The zero-order chi connectivity index (χ0) is 8.43. The molecule has 0 aromatic carbocycles. The van der Waals surface area contributed by atoms with Gasteiger partial charge >= 0.3 is 0 Å². The highest BCUT2D eigenvalue weighted by Gasteiger charge is 2.12. The molecular weight excluding hydrogens is 166 g/mol. The molecule has 0 aliphatic heterocycles. The Morgan fingerprint density at radius 1 is 1.82 bits per heavy atom. The van der Waals surface area contributed by atoms with Crippen LogP contribution in [0.3, 0.4) is 0 Å². The molecule has 0 radical (unpaired) electrons. The summed E-state index contributed by atoms with van der Waals surface area (Å²) in [7, 11) is 3.21. The molecule has 0 spiro atoms. The second-order valence-corrected chi connectivity index (χ2v) is 2.45. The number of halogens is 1. The summed E-state index contributed by atoms with van der Waals surface area (Å²) in [5, 5.41) is 6.64. The van der Waals surface area contributed by atoms with E-state index in [2.05, 4.69) is 10.4 Å². The molecule has 1 heterocycles. The maximum atomic E-state index is 11.1. The standard InChI is InChI=1S/C6H8ClN3O/c1-8-6(11)5-4(7)3-9-10(5)2/h3H,1-2H3,(H,8,11). The predicted octanol–water partition coefficient (Wildman–Crippen LogP) is 0.433. The lowest BCUT2D eigenvalue weighted by molar-refractivity contribution is 0.0954. The van der Waals surface area contributed by atoms with Crippen LogP contribution in [-0.4, -0.2) is 22.7 Å². The van der Waals surface area contributed by atoms with Gasteiger partial charge < -0.3 is 5.32 Å². The van der Waals surface area contributed by atoms with Crippen LogP contribution in [0.1, 0.15) is 10.5 Å². The number of rotatable bonds is 1. The van der Waals surface area contributed by atoms with Crippen molar-refractivity contribution >= 4 is 17.5 Å². The fourth-order valence-corrected chi connectivity index (χ4v) is 1.04. The second-order valence-electron chi connectivity index (χ2n) is 2.04. The Bertz CT molecular complexity index is 262. The summed E-state index contributed by atoms with van der Waals surface area (Å²) in [6, 6.07) is 0. The molecule has 5 heteroatoms. The number of hydrogen-bond donors (Lipinski definition) is 1. The molecule has 0 bridgehead atoms. The number of carbonyl (C=O) groups is 1. The Labute approximate surface area is 69.1 Å². The maximum Gasteiger partial charge on any atom is 0.270 e. The van der Waals surface area contributed by atoms with Gasteiger partial charge in [-0.1, -0.05) is 11.6 Å². The first-order chi connectivity index (χ1) is 5.16. The number of aromatic nitrogens is 2. The van der Waals surface area contributed by atoms with Crippen molar-refractivity contribution in [3.63, 3.8) is 0 Å². The van der Waals surface area contributed by atoms with E-state index in [4.69, 9.17) is 11.6 Å². The second kappa shape index (κ2) is 2.92. The number of nitrogens with zero attached hydrogens (tertiary/aromatic N) is 2. The Morgan fingerprint density at radius 3 is 2.82 bits per heavy atom. The van der Waals surface area contributed by atoms with Crippen LogP contribution in [0.5, 0.6) is 0 Å². The first kappa shape index (κ1) is 8.07. The Morgan fingerprint density at radius 2 is 2.45 bits per heavy atom. The van der Waals surface area contributed by atoms with Crippen LogP contribution in [-0.2, 0) is 7.05 Å². The molecule has 1 aromatic rings. The molecule has 1 aromatic heterocycles. The lowest BCUT2D eigenvalue weighted by Gasteiger charge is -1.99. The highest BCUT2D eigenvalue weighted by atomic mass is 35.5. The van der Waals surface area contributed by atoms with Gasteiger partial charge in [0.15, 0.2) is 0 Å². The summed E-state index contributed by atoms with van der Waals surface area (Å²) in [5.41, 5.74) is 0.383. The molecule has 0 saturated heterocycles. The van der Waals surface area contributed by atoms with Gasteiger partial charge in [-0.3, -0.25) is 9.48 Å². The third-order valence-corrected chi connectivity index (χ3v) is 1.61. The Kier molecular flexibility index (Phi) is 2.14. The summed E-state index contributed by atoms with van der Waals surface area (Å²) in [6.45, 7) is 0. The van der Waals surface area contributed by atoms with Crippen molar-refractivity contribution in [2.75, 3.05) is 7.05 Å². The maximum absolute atomic E-state index is 11.1. The number of nitrogens with one attached hydrogen (secondary N) is 1. The van der Waals surface area contributed by atoms with E-state index >= 15 is 0 Å². The molecule has 0 aliphatic carbocycles. The van der Waals surface area contributed by atoms with E-state index in [1.54, 1.807) is 14.1 Å². The summed E-state index contributed by atoms with van der Waals surface area (Å²) in [4.78, 5) is 11.1. The normalized spacial score (nSPS) is 9.73. The average Bonchev–Trinajstić information content (AvgIpc) is 2.30. The highest BCUT2D eigenvalue weighted by Crippen LogP contribution is 2.12. The lowest BCUT2D eigenvalue weighted by atomic mass is 10.4. The zero-order valence-electron chi connectivity index (χ0n) is 6.26. The van der Waals surface area contributed by atoms with Crippen LogP contribution in [0.15, 0.2) is 6.20 Å². The molecule has 0 aliphatic rings. The Balaban J connectivity index is 3.10. The quantitative estimate of drug-likeness (QED) is 0.670. The SMILES string of the molecule is CNC(=O)c1c(Cl)cnn1C. The minimum Gasteiger partial charge on any atom is -0.354 e. The fraction of sp³-hybridized carbons (Fsp3) is 0.333. The molecule has 1 rings (SSSR count). The molecular formula is C6H8ClN3O. The van der Waals surface area contributed by atoms with E-state index in [0.717, 1.165) is 0 Å². The zero-order valence-corrected chi connectivity index (χ0v) is 7.01. The molecule has 0 atom stereocenters. The van der Waals surface area contributed by atoms with Gasteiger partial charge in [0, 0.05) is 14.1 Å². The number of amides is 1. The van der Waals surface area contributed by atoms with Gasteiger partial charge in [0.1, 0.15) is 5.69 Å². The van der Waals surface area contributed by atoms with Crippen LogP contribution >= 0.6 is 11.6 Å². The molecule has 1 N–H and O–H groups in total. The molecule has 0 fully saturated rings. The molecule has 60 valence electrons. The molecule has 0 saturated carbocycles. The first-order valence-electron chi connectivity index (χ1n) is 3.06. The predicted molar refractivity (Wildman–Crippen MR) is 41.6 cm³/mol. The van der Waals surface area contributed by atoms with Crippen LogP contribution in [0.4, 0.5) is 0 Å². The number of aryl methyl sites for hydroxylation is 1. The van der Waals surface area contributed by atoms with Crippen molar-refractivity contribution in [2.45, 2.75) is 0 Å². The number of carbonyl (C=O) groups excluding carboxylic acids is 1. The van der Waals surface area contributed by atoms with Gasteiger partial charge in [0.25, 0.3) is 5.91 Å². The number of hydrogen-bond acceptors (Lipinski definition) is 2.